The predicted molar refractivity (Wildman–Crippen MR) is 108 cm³/mol. The minimum absolute atomic E-state index is 0.196. The Balaban J connectivity index is 1.89. The van der Waals surface area contributed by atoms with Gasteiger partial charge in [-0.1, -0.05) is 18.2 Å². The minimum atomic E-state index is -0.196. The predicted octanol–water partition coefficient (Wildman–Crippen LogP) is 3.54. The van der Waals surface area contributed by atoms with Gasteiger partial charge in [0.2, 0.25) is 0 Å². The van der Waals surface area contributed by atoms with Gasteiger partial charge in [-0.3, -0.25) is 9.36 Å². The molecule has 140 valence electrons. The average Bonchev–Trinajstić information content (AvgIpc) is 2.73. The van der Waals surface area contributed by atoms with Gasteiger partial charge in [-0.15, -0.1) is 0 Å². The van der Waals surface area contributed by atoms with Crippen molar-refractivity contribution in [2.75, 3.05) is 19.5 Å². The van der Waals surface area contributed by atoms with Gasteiger partial charge in [0, 0.05) is 36.1 Å². The van der Waals surface area contributed by atoms with E-state index in [4.69, 9.17) is 9.47 Å². The third kappa shape index (κ3) is 3.37. The molecular formula is C21H18N4O3. The summed E-state index contributed by atoms with van der Waals surface area (Å²) in [5, 5.41) is 3.25. The summed E-state index contributed by atoms with van der Waals surface area (Å²) >= 11 is 0. The van der Waals surface area contributed by atoms with Gasteiger partial charge in [0.1, 0.15) is 11.5 Å². The zero-order valence-corrected chi connectivity index (χ0v) is 15.4. The molecule has 0 unspecified atom stereocenters. The van der Waals surface area contributed by atoms with E-state index >= 15 is 0 Å². The Kier molecular flexibility index (Phi) is 4.63. The monoisotopic (exact) mass is 374 g/mol. The maximum Gasteiger partial charge on any atom is 0.256 e. The lowest BCUT2D eigenvalue weighted by Gasteiger charge is -2.14. The van der Waals surface area contributed by atoms with Crippen molar-refractivity contribution in [2.24, 2.45) is 0 Å². The van der Waals surface area contributed by atoms with Crippen LogP contribution in [0.4, 0.5) is 11.5 Å². The van der Waals surface area contributed by atoms with Crippen molar-refractivity contribution in [1.82, 2.24) is 14.5 Å². The number of benzene rings is 2. The molecule has 0 saturated heterocycles. The summed E-state index contributed by atoms with van der Waals surface area (Å²) in [5.74, 6) is 2.12. The topological polar surface area (TPSA) is 78.3 Å². The smallest absolute Gasteiger partial charge is 0.256 e. The third-order valence-electron chi connectivity index (χ3n) is 4.22. The van der Waals surface area contributed by atoms with Crippen LogP contribution in [0.2, 0.25) is 0 Å². The SMILES string of the molecule is COc1cc(Nc2nc3ccccc3nc2-n2ccccc2=O)cc(OC)c1. The molecule has 0 aliphatic carbocycles. The van der Waals surface area contributed by atoms with Gasteiger partial charge in [-0.2, -0.15) is 0 Å². The van der Waals surface area contributed by atoms with E-state index in [0.29, 0.717) is 39.9 Å². The van der Waals surface area contributed by atoms with E-state index in [9.17, 15) is 4.79 Å². The fraction of sp³-hybridized carbons (Fsp3) is 0.0952. The number of para-hydroxylation sites is 2. The van der Waals surface area contributed by atoms with E-state index < -0.39 is 0 Å². The summed E-state index contributed by atoms with van der Waals surface area (Å²) in [7, 11) is 3.17. The Labute approximate surface area is 161 Å². The second kappa shape index (κ2) is 7.40. The number of hydrogen-bond donors (Lipinski definition) is 1. The highest BCUT2D eigenvalue weighted by atomic mass is 16.5. The van der Waals surface area contributed by atoms with E-state index in [1.54, 1.807) is 38.6 Å². The van der Waals surface area contributed by atoms with E-state index in [2.05, 4.69) is 15.3 Å². The lowest BCUT2D eigenvalue weighted by molar-refractivity contribution is 0.395. The molecule has 0 radical (unpaired) electrons. The summed E-state index contributed by atoms with van der Waals surface area (Å²) in [5.41, 5.74) is 1.92. The summed E-state index contributed by atoms with van der Waals surface area (Å²) in [6.45, 7) is 0. The first-order valence-electron chi connectivity index (χ1n) is 8.63. The van der Waals surface area contributed by atoms with Crippen LogP contribution in [-0.4, -0.2) is 28.8 Å². The maximum absolute atomic E-state index is 12.4. The van der Waals surface area contributed by atoms with Gasteiger partial charge < -0.3 is 14.8 Å². The Hall–Kier alpha value is -3.87. The van der Waals surface area contributed by atoms with Crippen LogP contribution >= 0.6 is 0 Å². The second-order valence-corrected chi connectivity index (χ2v) is 6.02. The fourth-order valence-corrected chi connectivity index (χ4v) is 2.86. The molecule has 0 saturated carbocycles. The molecule has 0 fully saturated rings. The lowest BCUT2D eigenvalue weighted by Crippen LogP contribution is -2.19. The highest BCUT2D eigenvalue weighted by molar-refractivity contribution is 5.79. The molecular weight excluding hydrogens is 356 g/mol. The molecule has 2 aromatic carbocycles. The first kappa shape index (κ1) is 17.5. The number of methoxy groups -OCH3 is 2. The Morgan fingerprint density at radius 2 is 1.50 bits per heavy atom. The van der Waals surface area contributed by atoms with Gasteiger partial charge in [0.15, 0.2) is 11.6 Å². The van der Waals surface area contributed by atoms with Crippen molar-refractivity contribution in [3.8, 4) is 17.3 Å². The molecule has 0 bridgehead atoms. The van der Waals surface area contributed by atoms with E-state index in [0.717, 1.165) is 0 Å². The molecule has 2 heterocycles. The van der Waals surface area contributed by atoms with Crippen LogP contribution in [0.5, 0.6) is 11.5 Å². The average molecular weight is 374 g/mol. The van der Waals surface area contributed by atoms with Gasteiger partial charge in [0.25, 0.3) is 5.56 Å². The van der Waals surface area contributed by atoms with Crippen molar-refractivity contribution in [3.05, 3.63) is 77.2 Å². The van der Waals surface area contributed by atoms with Crippen LogP contribution in [0, 0.1) is 0 Å². The summed E-state index contributed by atoms with van der Waals surface area (Å²) in [4.78, 5) is 21.7. The molecule has 0 aliphatic rings. The molecule has 2 aromatic heterocycles. The Morgan fingerprint density at radius 3 is 2.14 bits per heavy atom. The number of fused-ring (bicyclic) bond motifs is 1. The lowest BCUT2D eigenvalue weighted by atomic mass is 10.2. The van der Waals surface area contributed by atoms with Crippen LogP contribution in [0.1, 0.15) is 0 Å². The number of rotatable bonds is 5. The highest BCUT2D eigenvalue weighted by Crippen LogP contribution is 2.29. The number of hydrogen-bond acceptors (Lipinski definition) is 6. The first-order chi connectivity index (χ1) is 13.7. The molecule has 28 heavy (non-hydrogen) atoms. The van der Waals surface area contributed by atoms with Crippen LogP contribution < -0.4 is 20.3 Å². The van der Waals surface area contributed by atoms with Crippen molar-refractivity contribution >= 4 is 22.5 Å². The molecule has 4 aromatic rings. The van der Waals surface area contributed by atoms with Crippen molar-refractivity contribution in [2.45, 2.75) is 0 Å². The number of ether oxygens (including phenoxy) is 2. The molecule has 4 rings (SSSR count). The molecule has 1 N–H and O–H groups in total. The van der Waals surface area contributed by atoms with E-state index in [1.165, 1.54) is 10.6 Å². The van der Waals surface area contributed by atoms with Gasteiger partial charge in [-0.25, -0.2) is 9.97 Å². The normalized spacial score (nSPS) is 10.6. The Bertz CT molecular complexity index is 1180. The van der Waals surface area contributed by atoms with Gasteiger partial charge in [0.05, 0.1) is 25.3 Å². The zero-order valence-electron chi connectivity index (χ0n) is 15.4. The van der Waals surface area contributed by atoms with E-state index in [1.807, 2.05) is 36.4 Å². The zero-order chi connectivity index (χ0) is 19.5. The number of aromatic nitrogens is 3. The standard InChI is InChI=1S/C21H18N4O3/c1-27-15-11-14(12-16(13-15)28-2)22-20-21(25-10-6-5-9-19(25)26)24-18-8-4-3-7-17(18)23-20/h3-13H,1-2H3,(H,22,23). The third-order valence-corrected chi connectivity index (χ3v) is 4.22. The number of nitrogens with zero attached hydrogens (tertiary/aromatic N) is 3. The van der Waals surface area contributed by atoms with Gasteiger partial charge in [-0.05, 0) is 18.2 Å². The molecule has 7 heteroatoms. The largest absolute Gasteiger partial charge is 0.497 e. The van der Waals surface area contributed by atoms with Crippen LogP contribution in [-0.2, 0) is 0 Å². The molecule has 0 atom stereocenters. The second-order valence-electron chi connectivity index (χ2n) is 6.02. The molecule has 0 aliphatic heterocycles. The van der Waals surface area contributed by atoms with E-state index in [-0.39, 0.29) is 5.56 Å². The van der Waals surface area contributed by atoms with Crippen LogP contribution in [0.25, 0.3) is 16.9 Å². The Morgan fingerprint density at radius 1 is 0.857 bits per heavy atom. The molecule has 0 spiro atoms. The van der Waals surface area contributed by atoms with Crippen LogP contribution in [0.3, 0.4) is 0 Å². The van der Waals surface area contributed by atoms with Crippen molar-refractivity contribution in [3.63, 3.8) is 0 Å². The fourth-order valence-electron chi connectivity index (χ4n) is 2.86. The van der Waals surface area contributed by atoms with Crippen molar-refractivity contribution < 1.29 is 9.47 Å². The molecule has 7 nitrogen and oxygen atoms in total. The summed E-state index contributed by atoms with van der Waals surface area (Å²) < 4.78 is 12.1. The quantitative estimate of drug-likeness (QED) is 0.576. The highest BCUT2D eigenvalue weighted by Gasteiger charge is 2.13. The van der Waals surface area contributed by atoms with Crippen molar-refractivity contribution in [1.29, 1.82) is 0 Å². The maximum atomic E-state index is 12.4. The van der Waals surface area contributed by atoms with Crippen LogP contribution in [0.15, 0.2) is 71.7 Å². The minimum Gasteiger partial charge on any atom is -0.497 e. The number of nitrogens with one attached hydrogen (secondary N) is 1. The number of pyridine rings is 1. The number of anilines is 2. The summed E-state index contributed by atoms with van der Waals surface area (Å²) in [6, 6.07) is 17.9. The first-order valence-corrected chi connectivity index (χ1v) is 8.63. The summed E-state index contributed by atoms with van der Waals surface area (Å²) in [6.07, 6.45) is 1.67. The molecule has 0 amide bonds. The van der Waals surface area contributed by atoms with Gasteiger partial charge >= 0.3 is 0 Å².